The molecular weight excluding hydrogens is 312 g/mol. The van der Waals surface area contributed by atoms with Crippen molar-refractivity contribution in [2.45, 2.75) is 0 Å². The number of esters is 2. The monoisotopic (exact) mass is 326 g/mol. The van der Waals surface area contributed by atoms with Crippen molar-refractivity contribution < 1.29 is 24.2 Å². The molecule has 1 aliphatic rings. The van der Waals surface area contributed by atoms with E-state index in [0.717, 1.165) is 0 Å². The van der Waals surface area contributed by atoms with Gasteiger partial charge in [0, 0.05) is 12.3 Å². The van der Waals surface area contributed by atoms with Crippen molar-refractivity contribution in [2.24, 2.45) is 0 Å². The number of nitrogens with zero attached hydrogens (tertiary/aromatic N) is 2. The largest absolute Gasteiger partial charge is 0.508 e. The lowest BCUT2D eigenvalue weighted by Gasteiger charge is -2.23. The van der Waals surface area contributed by atoms with Crippen LogP contribution in [-0.4, -0.2) is 31.3 Å². The highest BCUT2D eigenvalue weighted by Gasteiger charge is 2.27. The number of ether oxygens (including phenoxy) is 2. The number of hydrogen-bond acceptors (Lipinski definition) is 7. The second-order valence-corrected chi connectivity index (χ2v) is 4.67. The molecule has 0 saturated carbocycles. The van der Waals surface area contributed by atoms with E-state index >= 15 is 0 Å². The van der Waals surface area contributed by atoms with Crippen molar-refractivity contribution >= 4 is 17.6 Å². The van der Waals surface area contributed by atoms with Crippen LogP contribution in [0.2, 0.25) is 0 Å². The number of carbonyl (C=O) groups is 2. The molecule has 1 heterocycles. The Kier molecular flexibility index (Phi) is 5.02. The molecule has 1 aromatic carbocycles. The zero-order valence-corrected chi connectivity index (χ0v) is 13.0. The highest BCUT2D eigenvalue weighted by atomic mass is 16.5. The van der Waals surface area contributed by atoms with Gasteiger partial charge < -0.3 is 19.5 Å². The Morgan fingerprint density at radius 1 is 1.12 bits per heavy atom. The van der Waals surface area contributed by atoms with E-state index in [0.29, 0.717) is 5.69 Å². The number of rotatable bonds is 3. The first-order valence-electron chi connectivity index (χ1n) is 6.81. The van der Waals surface area contributed by atoms with Crippen LogP contribution in [0.25, 0.3) is 0 Å². The first-order valence-corrected chi connectivity index (χ1v) is 6.81. The van der Waals surface area contributed by atoms with Gasteiger partial charge in [-0.1, -0.05) is 6.08 Å². The van der Waals surface area contributed by atoms with E-state index in [4.69, 9.17) is 14.7 Å². The smallest absolute Gasteiger partial charge is 0.355 e. The highest BCUT2D eigenvalue weighted by molar-refractivity contribution is 6.05. The van der Waals surface area contributed by atoms with Crippen molar-refractivity contribution in [3.63, 3.8) is 0 Å². The number of phenols is 1. The van der Waals surface area contributed by atoms with E-state index in [1.54, 1.807) is 12.2 Å². The topological polar surface area (TPSA) is 99.9 Å². The molecule has 0 radical (unpaired) electrons. The lowest BCUT2D eigenvalue weighted by atomic mass is 10.1. The van der Waals surface area contributed by atoms with E-state index < -0.39 is 11.9 Å². The van der Waals surface area contributed by atoms with Gasteiger partial charge in [-0.25, -0.2) is 9.59 Å². The van der Waals surface area contributed by atoms with Gasteiger partial charge in [-0.15, -0.1) is 0 Å². The number of aromatic hydroxyl groups is 1. The van der Waals surface area contributed by atoms with Crippen LogP contribution in [-0.2, 0) is 19.1 Å². The Balaban J connectivity index is 2.70. The Bertz CT molecular complexity index is 815. The number of allylic oxidation sites excluding steroid dienone is 2. The minimum atomic E-state index is -0.770. The van der Waals surface area contributed by atoms with Gasteiger partial charge in [0.15, 0.2) is 0 Å². The van der Waals surface area contributed by atoms with Gasteiger partial charge in [-0.3, -0.25) is 0 Å². The van der Waals surface area contributed by atoms with Crippen LogP contribution in [0.15, 0.2) is 53.9 Å². The van der Waals surface area contributed by atoms with Crippen LogP contribution in [0.1, 0.15) is 5.56 Å². The summed E-state index contributed by atoms with van der Waals surface area (Å²) in [4.78, 5) is 25.6. The predicted molar refractivity (Wildman–Crippen MR) is 84.6 cm³/mol. The normalized spacial score (nSPS) is 13.3. The van der Waals surface area contributed by atoms with Crippen LogP contribution < -0.4 is 4.90 Å². The number of nitriles is 1. The molecule has 0 fully saturated rings. The van der Waals surface area contributed by atoms with Gasteiger partial charge >= 0.3 is 11.9 Å². The minimum absolute atomic E-state index is 0.0174. The highest BCUT2D eigenvalue weighted by Crippen LogP contribution is 2.29. The number of benzene rings is 1. The molecule has 122 valence electrons. The second-order valence-electron chi connectivity index (χ2n) is 4.67. The van der Waals surface area contributed by atoms with Crippen molar-refractivity contribution in [1.29, 1.82) is 5.26 Å². The Morgan fingerprint density at radius 3 is 2.46 bits per heavy atom. The summed E-state index contributed by atoms with van der Waals surface area (Å²) in [7, 11) is 2.38. The molecule has 1 aromatic rings. The molecule has 0 spiro atoms. The van der Waals surface area contributed by atoms with Gasteiger partial charge in [0.05, 0.1) is 37.1 Å². The third-order valence-corrected chi connectivity index (χ3v) is 3.20. The first-order chi connectivity index (χ1) is 11.5. The predicted octanol–water partition coefficient (Wildman–Crippen LogP) is 1.75. The number of carbonyl (C=O) groups excluding carboxylic acids is 2. The molecule has 0 bridgehead atoms. The first kappa shape index (κ1) is 16.8. The number of phenolic OH excluding ortho intramolecular Hbond substituents is 1. The van der Waals surface area contributed by atoms with Gasteiger partial charge in [0.2, 0.25) is 0 Å². The lowest BCUT2D eigenvalue weighted by molar-refractivity contribution is -0.139. The van der Waals surface area contributed by atoms with Crippen molar-refractivity contribution in [1.82, 2.24) is 0 Å². The molecule has 24 heavy (non-hydrogen) atoms. The summed E-state index contributed by atoms with van der Waals surface area (Å²) in [5.74, 6) is -1.65. The van der Waals surface area contributed by atoms with Gasteiger partial charge in [-0.05, 0) is 24.3 Å². The van der Waals surface area contributed by atoms with E-state index in [9.17, 15) is 14.7 Å². The molecule has 0 amide bonds. The molecule has 7 nitrogen and oxygen atoms in total. The molecule has 1 aliphatic heterocycles. The van der Waals surface area contributed by atoms with Crippen molar-refractivity contribution in [2.75, 3.05) is 19.1 Å². The van der Waals surface area contributed by atoms with Crippen LogP contribution in [0.5, 0.6) is 5.75 Å². The number of anilines is 1. The molecule has 2 rings (SSSR count). The zero-order valence-electron chi connectivity index (χ0n) is 13.0. The fourth-order valence-electron chi connectivity index (χ4n) is 2.16. The van der Waals surface area contributed by atoms with Gasteiger partial charge in [0.25, 0.3) is 0 Å². The summed E-state index contributed by atoms with van der Waals surface area (Å²) >= 11 is 0. The van der Waals surface area contributed by atoms with E-state index in [1.165, 1.54) is 49.6 Å². The van der Waals surface area contributed by atoms with Crippen molar-refractivity contribution in [3.8, 4) is 11.8 Å². The molecule has 0 atom stereocenters. The Labute approximate surface area is 138 Å². The quantitative estimate of drug-likeness (QED) is 0.845. The average Bonchev–Trinajstić information content (AvgIpc) is 2.82. The van der Waals surface area contributed by atoms with Crippen LogP contribution in [0.4, 0.5) is 5.69 Å². The third kappa shape index (κ3) is 3.28. The second kappa shape index (κ2) is 7.15. The van der Waals surface area contributed by atoms with E-state index in [-0.39, 0.29) is 22.6 Å². The van der Waals surface area contributed by atoms with Crippen LogP contribution in [0.3, 0.4) is 0 Å². The molecule has 0 saturated heterocycles. The molecule has 7 heteroatoms. The number of hydrogen-bond donors (Lipinski definition) is 1. The lowest BCUT2D eigenvalue weighted by Crippen LogP contribution is -2.27. The molecule has 0 aliphatic carbocycles. The van der Waals surface area contributed by atoms with E-state index in [2.05, 4.69) is 0 Å². The third-order valence-electron chi connectivity index (χ3n) is 3.20. The minimum Gasteiger partial charge on any atom is -0.508 e. The van der Waals surface area contributed by atoms with Gasteiger partial charge in [0.1, 0.15) is 11.4 Å². The average molecular weight is 326 g/mol. The molecule has 0 aromatic heterocycles. The fraction of sp³-hybridized carbons (Fsp3) is 0.118. The van der Waals surface area contributed by atoms with Crippen molar-refractivity contribution in [3.05, 3.63) is 59.5 Å². The summed E-state index contributed by atoms with van der Waals surface area (Å²) in [6.07, 6.45) is 6.08. The Hall–Kier alpha value is -3.53. The molecule has 1 N–H and O–H groups in total. The van der Waals surface area contributed by atoms with Gasteiger partial charge in [-0.2, -0.15) is 5.26 Å². The summed E-state index contributed by atoms with van der Waals surface area (Å²) in [6, 6.07) is 6.02. The molecular formula is C17H14N2O5. The van der Waals surface area contributed by atoms with Crippen LogP contribution in [0, 0.1) is 11.3 Å². The summed E-state index contributed by atoms with van der Waals surface area (Å²) in [5, 5.41) is 18.8. The fourth-order valence-corrected chi connectivity index (χ4v) is 2.16. The van der Waals surface area contributed by atoms with Crippen LogP contribution >= 0.6 is 0 Å². The Morgan fingerprint density at radius 2 is 1.83 bits per heavy atom. The number of methoxy groups -OCH3 is 2. The summed E-state index contributed by atoms with van der Waals surface area (Å²) < 4.78 is 9.48. The maximum atomic E-state index is 12.2. The maximum absolute atomic E-state index is 12.2. The summed E-state index contributed by atoms with van der Waals surface area (Å²) in [6.45, 7) is 0. The van der Waals surface area contributed by atoms with E-state index in [1.807, 2.05) is 6.07 Å². The molecule has 0 unspecified atom stereocenters. The SMILES string of the molecule is COC(=O)C1=C(C(=O)OC)N(c2cc(O)cc(C#N)c2)C=CC=C1. The summed E-state index contributed by atoms with van der Waals surface area (Å²) in [5.41, 5.74) is 0.396. The zero-order chi connectivity index (χ0) is 17.7. The standard InChI is InChI=1S/C17H14N2O5/c1-23-16(21)14-5-3-4-6-19(15(14)17(22)24-2)12-7-11(10-18)8-13(20)9-12/h3-9,20H,1-2H3. The maximum Gasteiger partial charge on any atom is 0.355 e.